The molecule has 4 aromatic carbocycles. The van der Waals surface area contributed by atoms with Gasteiger partial charge in [-0.2, -0.15) is 0 Å². The Bertz CT molecular complexity index is 2400. The summed E-state index contributed by atoms with van der Waals surface area (Å²) in [6, 6.07) is 17.5. The van der Waals surface area contributed by atoms with Gasteiger partial charge in [-0.1, -0.05) is 60.8 Å². The lowest BCUT2D eigenvalue weighted by Crippen LogP contribution is -2.25. The van der Waals surface area contributed by atoms with Crippen LogP contribution >= 0.6 is 31.5 Å². The summed E-state index contributed by atoms with van der Waals surface area (Å²) in [6.45, 7) is 8.32. The molecule has 0 aliphatic rings. The molecule has 0 aliphatic heterocycles. The van der Waals surface area contributed by atoms with Gasteiger partial charge in [0.15, 0.2) is 15.6 Å². The van der Waals surface area contributed by atoms with Gasteiger partial charge in [-0.05, 0) is 99.3 Å². The van der Waals surface area contributed by atoms with Crippen molar-refractivity contribution in [3.63, 3.8) is 0 Å². The number of aromatic nitrogens is 2. The Morgan fingerprint density at radius 1 is 0.947 bits per heavy atom. The fraction of sp³-hybridized carbons (Fsp3) is 0.317. The number of carbonyl (C=O) groups is 1. The minimum atomic E-state index is -4.07. The number of unbranched alkanes of at least 4 members (excludes halogenated alkanes) is 1. The summed E-state index contributed by atoms with van der Waals surface area (Å²) in [5, 5.41) is 11.6. The van der Waals surface area contributed by atoms with Gasteiger partial charge in [-0.25, -0.2) is 26.7 Å². The van der Waals surface area contributed by atoms with Gasteiger partial charge in [0.1, 0.15) is 36.3 Å². The average Bonchev–Trinajstić information content (AvgIpc) is 3.59. The van der Waals surface area contributed by atoms with Gasteiger partial charge in [0.05, 0.1) is 28.1 Å². The Hall–Kier alpha value is -4.23. The molecule has 57 heavy (non-hydrogen) atoms. The molecule has 1 heterocycles. The van der Waals surface area contributed by atoms with Gasteiger partial charge in [0.25, 0.3) is 0 Å². The minimum Gasteiger partial charge on any atom is -0.460 e. The molecule has 0 aliphatic carbocycles. The number of hydrogen-bond acceptors (Lipinski definition) is 9. The number of rotatable bonds is 16. The Kier molecular flexibility index (Phi) is 13.6. The molecule has 1 atom stereocenters. The molecule has 5 rings (SSSR count). The van der Waals surface area contributed by atoms with E-state index in [0.29, 0.717) is 33.6 Å². The molecule has 0 amide bonds. The summed E-state index contributed by atoms with van der Waals surface area (Å²) in [4.78, 5) is 17.0. The number of benzene rings is 4. The van der Waals surface area contributed by atoms with E-state index in [0.717, 1.165) is 31.2 Å². The van der Waals surface area contributed by atoms with Crippen LogP contribution in [0.2, 0.25) is 10.0 Å². The minimum absolute atomic E-state index is 0.0365. The monoisotopic (exact) mass is 861 g/mol. The van der Waals surface area contributed by atoms with Crippen molar-refractivity contribution in [1.29, 1.82) is 0 Å². The van der Waals surface area contributed by atoms with Gasteiger partial charge in [-0.15, -0.1) is 4.52 Å². The number of hydrogen-bond donors (Lipinski definition) is 1. The summed E-state index contributed by atoms with van der Waals surface area (Å²) >= 11 is 13.2. The van der Waals surface area contributed by atoms with Gasteiger partial charge < -0.3 is 9.84 Å². The number of aliphatic hydroxyl groups is 1. The maximum atomic E-state index is 16.2. The second-order valence-electron chi connectivity index (χ2n) is 14.5. The van der Waals surface area contributed by atoms with Crippen LogP contribution in [0, 0.1) is 11.6 Å². The van der Waals surface area contributed by atoms with E-state index in [1.54, 1.807) is 44.2 Å². The van der Waals surface area contributed by atoms with Crippen molar-refractivity contribution in [2.45, 2.75) is 76.4 Å². The molecule has 302 valence electrons. The van der Waals surface area contributed by atoms with E-state index in [2.05, 4.69) is 0 Å². The van der Waals surface area contributed by atoms with Crippen molar-refractivity contribution in [2.75, 3.05) is 12.9 Å². The molecule has 0 fully saturated rings. The fourth-order valence-electron chi connectivity index (χ4n) is 6.07. The molecule has 0 saturated heterocycles. The quantitative estimate of drug-likeness (QED) is 0.0585. The van der Waals surface area contributed by atoms with Crippen molar-refractivity contribution in [3.8, 4) is 22.6 Å². The molecule has 1 unspecified atom stereocenters. The SMILES string of the molecule is CCCCO[P+](=O)Oc1ccc(CC(=O)OCc2c(F)cc(-c3ccc(-n4cc(C(C)(C)O)nc4C(C)(C)c4c(Cl)cccc4Cl)c(F)c3)cc2S(C)(=O)=O)cc1. The third-order valence-corrected chi connectivity index (χ3v) is 11.6. The van der Waals surface area contributed by atoms with Gasteiger partial charge >= 0.3 is 14.2 Å². The first-order valence-electron chi connectivity index (χ1n) is 17.8. The maximum absolute atomic E-state index is 16.2. The van der Waals surface area contributed by atoms with Crippen LogP contribution in [0.1, 0.15) is 75.7 Å². The van der Waals surface area contributed by atoms with E-state index in [1.807, 2.05) is 20.8 Å². The van der Waals surface area contributed by atoms with Crippen LogP contribution in [0.3, 0.4) is 0 Å². The third kappa shape index (κ3) is 10.5. The molecule has 0 radical (unpaired) electrons. The van der Waals surface area contributed by atoms with Gasteiger partial charge in [-0.3, -0.25) is 9.36 Å². The highest BCUT2D eigenvalue weighted by Crippen LogP contribution is 2.42. The van der Waals surface area contributed by atoms with E-state index < -0.39 is 58.2 Å². The van der Waals surface area contributed by atoms with E-state index in [4.69, 9.17) is 42.0 Å². The van der Waals surface area contributed by atoms with E-state index >= 15 is 8.78 Å². The molecule has 0 bridgehead atoms. The summed E-state index contributed by atoms with van der Waals surface area (Å²) in [7, 11) is -6.43. The molecule has 10 nitrogen and oxygen atoms in total. The highest BCUT2D eigenvalue weighted by atomic mass is 35.5. The van der Waals surface area contributed by atoms with Crippen molar-refractivity contribution >= 4 is 47.3 Å². The molecule has 0 saturated carbocycles. The van der Waals surface area contributed by atoms with Crippen molar-refractivity contribution < 1.29 is 45.4 Å². The van der Waals surface area contributed by atoms with E-state index in [-0.39, 0.29) is 40.2 Å². The number of esters is 1. The smallest absolute Gasteiger partial charge is 0.460 e. The van der Waals surface area contributed by atoms with Crippen LogP contribution in [0.15, 0.2) is 83.9 Å². The lowest BCUT2D eigenvalue weighted by molar-refractivity contribution is -0.144. The largest absolute Gasteiger partial charge is 0.750 e. The predicted molar refractivity (Wildman–Crippen MR) is 215 cm³/mol. The zero-order valence-electron chi connectivity index (χ0n) is 32.1. The zero-order chi connectivity index (χ0) is 41.9. The first-order valence-corrected chi connectivity index (χ1v) is 21.6. The lowest BCUT2D eigenvalue weighted by atomic mass is 9.83. The first-order chi connectivity index (χ1) is 26.7. The normalized spacial score (nSPS) is 12.4. The summed E-state index contributed by atoms with van der Waals surface area (Å²) in [5.74, 6) is -1.91. The molecule has 1 N–H and O–H groups in total. The first kappa shape index (κ1) is 43.9. The van der Waals surface area contributed by atoms with Crippen LogP contribution in [-0.2, 0) is 52.5 Å². The maximum Gasteiger partial charge on any atom is 0.750 e. The van der Waals surface area contributed by atoms with Crippen molar-refractivity contribution in [1.82, 2.24) is 9.55 Å². The number of carbonyl (C=O) groups excluding carboxylic acids is 1. The topological polar surface area (TPSA) is 134 Å². The summed E-state index contributed by atoms with van der Waals surface area (Å²) < 4.78 is 86.9. The lowest BCUT2D eigenvalue weighted by Gasteiger charge is -2.28. The predicted octanol–water partition coefficient (Wildman–Crippen LogP) is 10.2. The molecule has 5 aromatic rings. The molecule has 0 spiro atoms. The van der Waals surface area contributed by atoms with Crippen molar-refractivity contribution in [3.05, 3.63) is 129 Å². The van der Waals surface area contributed by atoms with Crippen LogP contribution < -0.4 is 4.52 Å². The standard InChI is InChI=1S/C41H42Cl2F2N2O8PS/c1-7-8-18-54-56(50)55-28-15-12-25(13-16-28)19-37(48)53-24-29-32(44)21-27(22-35(29)57(6,51)52)26-14-17-34(33(45)20-26)47-23-36(41(4,5)49)46-39(47)40(2,3)38-30(42)10-9-11-31(38)43/h9-17,20-23,49H,7-8,18-19,24H2,1-6H3/q+1. The number of nitrogens with zero attached hydrogens (tertiary/aromatic N) is 2. The Morgan fingerprint density at radius 2 is 1.60 bits per heavy atom. The fourth-order valence-corrected chi connectivity index (χ4v) is 8.51. The number of ether oxygens (including phenoxy) is 1. The Morgan fingerprint density at radius 3 is 2.19 bits per heavy atom. The third-order valence-electron chi connectivity index (χ3n) is 9.10. The highest BCUT2D eigenvalue weighted by molar-refractivity contribution is 7.90. The van der Waals surface area contributed by atoms with Gasteiger partial charge in [0.2, 0.25) is 0 Å². The van der Waals surface area contributed by atoms with E-state index in [9.17, 15) is 22.9 Å². The van der Waals surface area contributed by atoms with Crippen LogP contribution in [0.25, 0.3) is 16.8 Å². The Labute approximate surface area is 341 Å². The van der Waals surface area contributed by atoms with Crippen LogP contribution in [0.5, 0.6) is 5.75 Å². The highest BCUT2D eigenvalue weighted by Gasteiger charge is 2.36. The second kappa shape index (κ2) is 17.7. The van der Waals surface area contributed by atoms with Crippen LogP contribution in [-0.4, -0.2) is 41.9 Å². The Balaban J connectivity index is 1.40. The number of halogens is 4. The molecular formula is C41H42Cl2F2N2O8PS+. The summed E-state index contributed by atoms with van der Waals surface area (Å²) in [5.41, 5.74) is -1.22. The molecular weight excluding hydrogens is 820 g/mol. The van der Waals surface area contributed by atoms with E-state index in [1.165, 1.54) is 41.1 Å². The number of sulfone groups is 1. The van der Waals surface area contributed by atoms with Gasteiger partial charge in [0, 0.05) is 38.2 Å². The summed E-state index contributed by atoms with van der Waals surface area (Å²) in [6.07, 6.45) is 3.79. The van der Waals surface area contributed by atoms with Crippen LogP contribution in [0.4, 0.5) is 8.78 Å². The number of imidazole rings is 1. The average molecular weight is 863 g/mol. The van der Waals surface area contributed by atoms with Crippen molar-refractivity contribution in [2.24, 2.45) is 0 Å². The molecule has 16 heteroatoms. The second-order valence-corrected chi connectivity index (χ2v) is 18.1. The zero-order valence-corrected chi connectivity index (χ0v) is 35.3. The molecule has 1 aromatic heterocycles.